The number of fused-ring (bicyclic) bond motifs is 4. The van der Waals surface area contributed by atoms with Crippen LogP contribution in [0.4, 0.5) is 49.5 Å². The van der Waals surface area contributed by atoms with Gasteiger partial charge in [0, 0.05) is 119 Å². The van der Waals surface area contributed by atoms with Crippen LogP contribution in [0.25, 0.3) is 33.1 Å². The Kier molecular flexibility index (Phi) is 11.9. The highest BCUT2D eigenvalue weighted by molar-refractivity contribution is 9.10. The van der Waals surface area contributed by atoms with E-state index in [-0.39, 0.29) is 30.7 Å². The number of methoxy groups -OCH3 is 1. The van der Waals surface area contributed by atoms with Crippen molar-refractivity contribution in [3.63, 3.8) is 0 Å². The second-order valence-corrected chi connectivity index (χ2v) is 23.4. The Bertz CT molecular complexity index is 3330. The first-order chi connectivity index (χ1) is 34.1. The topological polar surface area (TPSA) is 197 Å². The third-order valence-corrected chi connectivity index (χ3v) is 16.4. The molecule has 4 aliphatic rings. The fourth-order valence-corrected chi connectivity index (χ4v) is 12.5. The number of nitrogens with one attached hydrogen (secondary N) is 3. The van der Waals surface area contributed by atoms with Gasteiger partial charge in [-0.3, -0.25) is 34.3 Å². The van der Waals surface area contributed by atoms with Crippen molar-refractivity contribution in [1.82, 2.24) is 49.7 Å². The lowest BCUT2D eigenvalue weighted by atomic mass is 9.94. The SMILES string of the molecule is COc1cc(N2CCC(CN3C[C@@H]4C[C@H]3CN4c3cc4c(cc3F)c(N3CCC(=O)NC3=O)nn4C)CC2)c(-c2cnn(C)c2)cc1Nc1ncc(Br)c(Nc2ccc3nc(C)cnc3c2P(C)(C)=O)n1. The molecule has 0 aliphatic carbocycles. The summed E-state index contributed by atoms with van der Waals surface area (Å²) < 4.78 is 39.9. The van der Waals surface area contributed by atoms with Crippen LogP contribution < -0.4 is 40.7 Å². The van der Waals surface area contributed by atoms with Crippen molar-refractivity contribution in [3.8, 4) is 16.9 Å². The number of anilines is 7. The van der Waals surface area contributed by atoms with Crippen molar-refractivity contribution in [3.05, 3.63) is 77.2 Å². The Hall–Kier alpha value is -6.70. The van der Waals surface area contributed by atoms with Gasteiger partial charge < -0.3 is 29.7 Å². The van der Waals surface area contributed by atoms with Crippen LogP contribution in [0.3, 0.4) is 0 Å². The van der Waals surface area contributed by atoms with Crippen molar-refractivity contribution in [2.24, 2.45) is 20.0 Å². The predicted octanol–water partition coefficient (Wildman–Crippen LogP) is 7.29. The van der Waals surface area contributed by atoms with E-state index in [0.29, 0.717) is 78.6 Å². The van der Waals surface area contributed by atoms with E-state index in [2.05, 4.69) is 83.9 Å². The number of nitrogens with zero attached hydrogens (tertiary/aromatic N) is 12. The van der Waals surface area contributed by atoms with Gasteiger partial charge >= 0.3 is 6.03 Å². The summed E-state index contributed by atoms with van der Waals surface area (Å²) in [7, 11) is 2.53. The normalized spacial score (nSPS) is 18.8. The highest BCUT2D eigenvalue weighted by atomic mass is 79.9. The summed E-state index contributed by atoms with van der Waals surface area (Å²) in [6.07, 6.45) is 10.4. The number of carbonyl (C=O) groups is 2. The molecule has 7 aromatic rings. The molecule has 2 bridgehead atoms. The minimum atomic E-state index is -2.83. The van der Waals surface area contributed by atoms with Gasteiger partial charge in [0.2, 0.25) is 11.9 Å². The minimum Gasteiger partial charge on any atom is -0.494 e. The number of aromatic nitrogens is 8. The van der Waals surface area contributed by atoms with Crippen LogP contribution in [-0.4, -0.2) is 128 Å². The van der Waals surface area contributed by atoms with Gasteiger partial charge in [-0.05, 0) is 91.7 Å². The minimum absolute atomic E-state index is 0.163. The number of hydrogen-bond donors (Lipinski definition) is 3. The zero-order valence-electron chi connectivity index (χ0n) is 40.3. The molecule has 0 unspecified atom stereocenters. The molecule has 368 valence electrons. The van der Waals surface area contributed by atoms with Gasteiger partial charge in [0.05, 0.1) is 56.9 Å². The number of rotatable bonds is 12. The third-order valence-electron chi connectivity index (χ3n) is 14.2. The maximum absolute atomic E-state index is 16.0. The number of carbonyl (C=O) groups excluding carboxylic acids is 2. The van der Waals surface area contributed by atoms with E-state index >= 15 is 4.39 Å². The van der Waals surface area contributed by atoms with E-state index < -0.39 is 13.2 Å². The summed E-state index contributed by atoms with van der Waals surface area (Å²) in [6, 6.07) is 11.2. The number of piperidine rings is 1. The molecule has 19 nitrogen and oxygen atoms in total. The number of aryl methyl sites for hydroxylation is 3. The zero-order valence-corrected chi connectivity index (χ0v) is 42.8. The summed E-state index contributed by atoms with van der Waals surface area (Å²) >= 11 is 3.62. The number of ether oxygens (including phenoxy) is 1. The van der Waals surface area contributed by atoms with E-state index in [1.807, 2.05) is 44.6 Å². The molecule has 0 spiro atoms. The van der Waals surface area contributed by atoms with Crippen molar-refractivity contribution >= 4 is 103 Å². The number of likely N-dealkylation sites (tertiary alicyclic amines) is 1. The number of urea groups is 1. The molecule has 3 amide bonds. The van der Waals surface area contributed by atoms with Gasteiger partial charge in [-0.2, -0.15) is 15.2 Å². The van der Waals surface area contributed by atoms with E-state index in [0.717, 1.165) is 80.0 Å². The van der Waals surface area contributed by atoms with E-state index in [1.54, 1.807) is 49.2 Å². The number of imide groups is 1. The van der Waals surface area contributed by atoms with Gasteiger partial charge in [0.15, 0.2) is 5.82 Å². The third kappa shape index (κ3) is 8.81. The number of piperazine rings is 1. The first kappa shape index (κ1) is 46.7. The quantitative estimate of drug-likeness (QED) is 0.103. The summed E-state index contributed by atoms with van der Waals surface area (Å²) in [6.45, 7) is 9.86. The van der Waals surface area contributed by atoms with Crippen molar-refractivity contribution < 1.29 is 23.3 Å². The molecule has 8 heterocycles. The molecular formula is C49H54BrFN15O4P. The number of benzene rings is 3. The molecule has 4 aliphatic heterocycles. The van der Waals surface area contributed by atoms with Crippen LogP contribution in [0.2, 0.25) is 0 Å². The summed E-state index contributed by atoms with van der Waals surface area (Å²) in [5, 5.41) is 19.4. The molecule has 11 rings (SSSR count). The number of halogens is 2. The van der Waals surface area contributed by atoms with Gasteiger partial charge in [0.1, 0.15) is 30.0 Å². The molecule has 0 saturated carbocycles. The molecule has 4 saturated heterocycles. The van der Waals surface area contributed by atoms with E-state index in [9.17, 15) is 14.2 Å². The Morgan fingerprint density at radius 3 is 2.48 bits per heavy atom. The van der Waals surface area contributed by atoms with Crippen LogP contribution in [0.5, 0.6) is 5.75 Å². The van der Waals surface area contributed by atoms with Crippen LogP contribution in [-0.2, 0) is 23.5 Å². The second-order valence-electron chi connectivity index (χ2n) is 19.4. The number of amides is 3. The summed E-state index contributed by atoms with van der Waals surface area (Å²) in [5.74, 6) is 1.61. The maximum atomic E-state index is 16.0. The average Bonchev–Trinajstić information content (AvgIpc) is 4.13. The van der Waals surface area contributed by atoms with Gasteiger partial charge in [-0.15, -0.1) is 0 Å². The molecule has 3 N–H and O–H groups in total. The Balaban J connectivity index is 0.777. The molecule has 4 aromatic heterocycles. The van der Waals surface area contributed by atoms with Gasteiger partial charge in [-0.1, -0.05) is 0 Å². The zero-order chi connectivity index (χ0) is 49.5. The first-order valence-electron chi connectivity index (χ1n) is 23.7. The van der Waals surface area contributed by atoms with Crippen molar-refractivity contribution in [2.75, 3.05) is 85.0 Å². The lowest BCUT2D eigenvalue weighted by Gasteiger charge is -2.40. The Labute approximate surface area is 417 Å². The molecule has 2 atom stereocenters. The first-order valence-corrected chi connectivity index (χ1v) is 27.1. The van der Waals surface area contributed by atoms with E-state index in [4.69, 9.17) is 9.72 Å². The van der Waals surface area contributed by atoms with E-state index in [1.165, 1.54) is 11.0 Å². The number of hydrogen-bond acceptors (Lipinski definition) is 15. The molecule has 4 fully saturated rings. The van der Waals surface area contributed by atoms with Gasteiger partial charge in [0.25, 0.3) is 0 Å². The monoisotopic (exact) mass is 1050 g/mol. The smallest absolute Gasteiger partial charge is 0.329 e. The van der Waals surface area contributed by atoms with Crippen LogP contribution in [0, 0.1) is 18.7 Å². The highest BCUT2D eigenvalue weighted by Gasteiger charge is 2.45. The molecule has 3 aromatic carbocycles. The lowest BCUT2D eigenvalue weighted by molar-refractivity contribution is -0.120. The van der Waals surface area contributed by atoms with Crippen molar-refractivity contribution in [2.45, 2.75) is 44.7 Å². The second kappa shape index (κ2) is 18.2. The fourth-order valence-electron chi connectivity index (χ4n) is 10.9. The Morgan fingerprint density at radius 1 is 0.944 bits per heavy atom. The average molecular weight is 1050 g/mol. The molecule has 71 heavy (non-hydrogen) atoms. The predicted molar refractivity (Wildman–Crippen MR) is 277 cm³/mol. The highest BCUT2D eigenvalue weighted by Crippen LogP contribution is 2.45. The lowest BCUT2D eigenvalue weighted by Crippen LogP contribution is -2.49. The standard InChI is InChI=1S/C49H54BrFN15O4P/c1-27-20-52-44-36(55-27)7-8-37(45(44)71(5,6)69)56-46-34(50)22-53-48(59-46)57-38-17-32(29-21-54-61(2)24-29)40(19-42(38)70-4)63-12-9-28(10-13-63)23-64-25-31-15-30(64)26-66(31)41-18-39-33(16-35(41)51)47(60-62(39)3)65-14-11-43(67)58-49(65)68/h7-8,16-22,24,28,30-31H,9-15,23,25-26H2,1-6H3,(H,58,67,68)(H2,53,56,57,59)/t30-,31-/m0/s1. The molecule has 0 radical (unpaired) electrons. The molecular weight excluding hydrogens is 993 g/mol. The fraction of sp³-hybridized carbons (Fsp3) is 0.388. The van der Waals surface area contributed by atoms with Crippen molar-refractivity contribution in [1.29, 1.82) is 0 Å². The molecule has 22 heteroatoms. The van der Waals surface area contributed by atoms with Gasteiger partial charge in [-0.25, -0.2) is 19.2 Å². The van der Waals surface area contributed by atoms with Crippen LogP contribution >= 0.6 is 23.1 Å². The van der Waals surface area contributed by atoms with Crippen LogP contribution in [0.15, 0.2) is 65.7 Å². The Morgan fingerprint density at radius 2 is 1.76 bits per heavy atom. The van der Waals surface area contributed by atoms with Crippen LogP contribution in [0.1, 0.15) is 31.4 Å². The largest absolute Gasteiger partial charge is 0.494 e. The summed E-state index contributed by atoms with van der Waals surface area (Å²) in [4.78, 5) is 51.8. The maximum Gasteiger partial charge on any atom is 0.329 e. The summed E-state index contributed by atoms with van der Waals surface area (Å²) in [5.41, 5.74) is 7.62.